The van der Waals surface area contributed by atoms with Gasteiger partial charge in [0.15, 0.2) is 17.5 Å². The molecule has 1 saturated carbocycles. The van der Waals surface area contributed by atoms with Crippen molar-refractivity contribution in [1.29, 1.82) is 0 Å². The van der Waals surface area contributed by atoms with E-state index in [1.54, 1.807) is 0 Å². The summed E-state index contributed by atoms with van der Waals surface area (Å²) in [5, 5.41) is 3.11. The van der Waals surface area contributed by atoms with Crippen molar-refractivity contribution in [3.63, 3.8) is 0 Å². The van der Waals surface area contributed by atoms with Gasteiger partial charge in [-0.2, -0.15) is 0 Å². The topological polar surface area (TPSA) is 78.1 Å². The number of nitrogens with two attached hydrogens (primary N) is 1. The van der Waals surface area contributed by atoms with Crippen molar-refractivity contribution in [3.05, 3.63) is 48.0 Å². The molecule has 0 bridgehead atoms. The lowest BCUT2D eigenvalue weighted by molar-refractivity contribution is 0.210. The van der Waals surface area contributed by atoms with E-state index in [-0.39, 0.29) is 0 Å². The fourth-order valence-electron chi connectivity index (χ4n) is 3.48. The zero-order valence-corrected chi connectivity index (χ0v) is 16.0. The highest BCUT2D eigenvalue weighted by molar-refractivity contribution is 5.92. The second-order valence-electron chi connectivity index (χ2n) is 7.21. The van der Waals surface area contributed by atoms with Gasteiger partial charge >= 0.3 is 0 Å². The van der Waals surface area contributed by atoms with E-state index in [0.717, 1.165) is 47.8 Å². The second kappa shape index (κ2) is 8.87. The first kappa shape index (κ1) is 18.5. The van der Waals surface area contributed by atoms with Crippen LogP contribution in [0.5, 0.6) is 17.2 Å². The Kier molecular flexibility index (Phi) is 5.85. The van der Waals surface area contributed by atoms with E-state index < -0.39 is 0 Å². The van der Waals surface area contributed by atoms with Crippen LogP contribution < -0.4 is 25.3 Å². The van der Waals surface area contributed by atoms with E-state index in [0.29, 0.717) is 31.8 Å². The Morgan fingerprint density at radius 3 is 2.54 bits per heavy atom. The number of anilines is 1. The molecule has 0 atom stereocenters. The average Bonchev–Trinajstić information content (AvgIpc) is 3.10. The number of hydrogen-bond acceptors (Lipinski definition) is 4. The van der Waals surface area contributed by atoms with Gasteiger partial charge in [-0.15, -0.1) is 0 Å². The maximum absolute atomic E-state index is 6.04. The molecule has 4 rings (SSSR count). The Hall–Kier alpha value is -2.89. The zero-order valence-electron chi connectivity index (χ0n) is 16.0. The van der Waals surface area contributed by atoms with Crippen LogP contribution in [-0.2, 0) is 6.54 Å². The summed E-state index contributed by atoms with van der Waals surface area (Å²) in [5.74, 6) is 2.78. The molecule has 2 aromatic rings. The quantitative estimate of drug-likeness (QED) is 0.602. The number of nitrogens with zero attached hydrogens (tertiary/aromatic N) is 1. The third-order valence-corrected chi connectivity index (χ3v) is 4.98. The molecule has 2 aromatic carbocycles. The van der Waals surface area contributed by atoms with Gasteiger partial charge in [0.1, 0.15) is 5.75 Å². The van der Waals surface area contributed by atoms with Crippen LogP contribution in [0.25, 0.3) is 0 Å². The van der Waals surface area contributed by atoms with Gasteiger partial charge in [-0.3, -0.25) is 0 Å². The Morgan fingerprint density at radius 1 is 1.00 bits per heavy atom. The summed E-state index contributed by atoms with van der Waals surface area (Å²) in [6.45, 7) is 1.83. The van der Waals surface area contributed by atoms with Crippen molar-refractivity contribution in [1.82, 2.24) is 0 Å². The van der Waals surface area contributed by atoms with Crippen LogP contribution in [0.1, 0.15) is 37.7 Å². The number of aliphatic imine (C=N–C) groups is 1. The molecule has 0 aromatic heterocycles. The van der Waals surface area contributed by atoms with Crippen molar-refractivity contribution in [2.24, 2.45) is 10.7 Å². The SMILES string of the molecule is NC(=NCc1ccc(OC2CCCC2)cc1)Nc1ccc2c(c1)OCCCO2. The summed E-state index contributed by atoms with van der Waals surface area (Å²) in [5.41, 5.74) is 7.95. The molecule has 0 radical (unpaired) electrons. The highest BCUT2D eigenvalue weighted by atomic mass is 16.5. The van der Waals surface area contributed by atoms with E-state index in [2.05, 4.69) is 10.3 Å². The first-order valence-corrected chi connectivity index (χ1v) is 9.98. The van der Waals surface area contributed by atoms with Gasteiger partial charge in [0, 0.05) is 18.2 Å². The molecule has 6 heteroatoms. The molecule has 1 aliphatic carbocycles. The molecule has 0 amide bonds. The summed E-state index contributed by atoms with van der Waals surface area (Å²) in [6.07, 6.45) is 6.12. The van der Waals surface area contributed by atoms with Gasteiger partial charge in [-0.25, -0.2) is 4.99 Å². The van der Waals surface area contributed by atoms with Gasteiger partial charge in [-0.1, -0.05) is 12.1 Å². The number of hydrogen-bond donors (Lipinski definition) is 2. The van der Waals surface area contributed by atoms with Crippen LogP contribution in [0.4, 0.5) is 5.69 Å². The van der Waals surface area contributed by atoms with Crippen LogP contribution in [0.15, 0.2) is 47.5 Å². The minimum atomic E-state index is 0.362. The summed E-state index contributed by atoms with van der Waals surface area (Å²) < 4.78 is 17.3. The standard InChI is InChI=1S/C22H27N3O3/c23-22(25-17-8-11-20-21(14-17)27-13-3-12-26-20)24-15-16-6-9-19(10-7-16)28-18-4-1-2-5-18/h6-11,14,18H,1-5,12-13,15H2,(H3,23,24,25). The van der Waals surface area contributed by atoms with Crippen LogP contribution in [0, 0.1) is 0 Å². The van der Waals surface area contributed by atoms with Crippen LogP contribution in [0.2, 0.25) is 0 Å². The minimum Gasteiger partial charge on any atom is -0.490 e. The average molecular weight is 381 g/mol. The Balaban J connectivity index is 1.32. The fraction of sp³-hybridized carbons (Fsp3) is 0.409. The van der Waals surface area contributed by atoms with E-state index in [1.165, 1.54) is 12.8 Å². The summed E-state index contributed by atoms with van der Waals surface area (Å²) in [7, 11) is 0. The van der Waals surface area contributed by atoms with Crippen molar-refractivity contribution < 1.29 is 14.2 Å². The Labute approximate surface area is 165 Å². The van der Waals surface area contributed by atoms with Crippen LogP contribution in [0.3, 0.4) is 0 Å². The molecule has 1 aliphatic heterocycles. The molecular weight excluding hydrogens is 354 g/mol. The van der Waals surface area contributed by atoms with E-state index >= 15 is 0 Å². The van der Waals surface area contributed by atoms with Gasteiger partial charge in [0.25, 0.3) is 0 Å². The molecule has 0 saturated heterocycles. The maximum atomic E-state index is 6.04. The van der Waals surface area contributed by atoms with Crippen molar-refractivity contribution in [2.45, 2.75) is 44.8 Å². The molecule has 0 unspecified atom stereocenters. The zero-order chi connectivity index (χ0) is 19.2. The number of ether oxygens (including phenoxy) is 3. The summed E-state index contributed by atoms with van der Waals surface area (Å²) in [6, 6.07) is 13.8. The molecule has 1 fully saturated rings. The van der Waals surface area contributed by atoms with E-state index in [9.17, 15) is 0 Å². The van der Waals surface area contributed by atoms with Gasteiger partial charge in [0.05, 0.1) is 25.9 Å². The highest BCUT2D eigenvalue weighted by Gasteiger charge is 2.16. The fourth-order valence-corrected chi connectivity index (χ4v) is 3.48. The van der Waals surface area contributed by atoms with Crippen LogP contribution in [-0.4, -0.2) is 25.3 Å². The first-order chi connectivity index (χ1) is 13.8. The lowest BCUT2D eigenvalue weighted by Gasteiger charge is -2.13. The molecule has 6 nitrogen and oxygen atoms in total. The predicted octanol–water partition coefficient (Wildman–Crippen LogP) is 4.10. The Bertz CT molecular complexity index is 814. The van der Waals surface area contributed by atoms with Crippen LogP contribution >= 0.6 is 0 Å². The molecule has 0 spiro atoms. The summed E-state index contributed by atoms with van der Waals surface area (Å²) in [4.78, 5) is 4.42. The molecule has 1 heterocycles. The molecule has 148 valence electrons. The van der Waals surface area contributed by atoms with Crippen molar-refractivity contribution in [2.75, 3.05) is 18.5 Å². The molecule has 3 N–H and O–H groups in total. The highest BCUT2D eigenvalue weighted by Crippen LogP contribution is 2.32. The smallest absolute Gasteiger partial charge is 0.193 e. The Morgan fingerprint density at radius 2 is 1.75 bits per heavy atom. The number of nitrogens with one attached hydrogen (secondary N) is 1. The van der Waals surface area contributed by atoms with Crippen molar-refractivity contribution >= 4 is 11.6 Å². The van der Waals surface area contributed by atoms with Gasteiger partial charge in [0.2, 0.25) is 0 Å². The maximum Gasteiger partial charge on any atom is 0.193 e. The second-order valence-corrected chi connectivity index (χ2v) is 7.21. The van der Waals surface area contributed by atoms with Crippen molar-refractivity contribution in [3.8, 4) is 17.2 Å². The third kappa shape index (κ3) is 4.88. The molecule has 2 aliphatic rings. The number of benzene rings is 2. The van der Waals surface area contributed by atoms with E-state index in [4.69, 9.17) is 19.9 Å². The minimum absolute atomic E-state index is 0.362. The lowest BCUT2D eigenvalue weighted by atomic mass is 10.2. The molecule has 28 heavy (non-hydrogen) atoms. The third-order valence-electron chi connectivity index (χ3n) is 4.98. The number of guanidine groups is 1. The lowest BCUT2D eigenvalue weighted by Crippen LogP contribution is -2.22. The van der Waals surface area contributed by atoms with Gasteiger partial charge in [-0.05, 0) is 55.5 Å². The number of fused-ring (bicyclic) bond motifs is 1. The number of rotatable bonds is 5. The summed E-state index contributed by atoms with van der Waals surface area (Å²) >= 11 is 0. The molecular formula is C22H27N3O3. The first-order valence-electron chi connectivity index (χ1n) is 9.98. The largest absolute Gasteiger partial charge is 0.490 e. The van der Waals surface area contributed by atoms with Gasteiger partial charge < -0.3 is 25.3 Å². The normalized spacial score (nSPS) is 17.2. The van der Waals surface area contributed by atoms with E-state index in [1.807, 2.05) is 42.5 Å². The predicted molar refractivity (Wildman–Crippen MR) is 110 cm³/mol. The monoisotopic (exact) mass is 381 g/mol.